The van der Waals surface area contributed by atoms with Gasteiger partial charge in [0.05, 0.1) is 23.5 Å². The number of halogens is 1. The molecule has 5 aromatic rings. The van der Waals surface area contributed by atoms with Gasteiger partial charge in [0.15, 0.2) is 5.82 Å². The molecule has 0 aliphatic rings. The van der Waals surface area contributed by atoms with Crippen LogP contribution >= 0.6 is 0 Å². The molecule has 10 heteroatoms. The Bertz CT molecular complexity index is 1660. The van der Waals surface area contributed by atoms with Crippen LogP contribution in [0.15, 0.2) is 110 Å². The number of rotatable bonds is 10. The summed E-state index contributed by atoms with van der Waals surface area (Å²) in [5.41, 5.74) is 2.77. The molecule has 0 aliphatic heterocycles. The third-order valence-corrected chi connectivity index (χ3v) is 6.26. The third kappa shape index (κ3) is 6.74. The molecule has 1 atom stereocenters. The van der Waals surface area contributed by atoms with Crippen LogP contribution in [0.25, 0.3) is 17.1 Å². The van der Waals surface area contributed by atoms with E-state index in [-0.39, 0.29) is 30.2 Å². The van der Waals surface area contributed by atoms with Crippen LogP contribution in [0, 0.1) is 5.82 Å². The van der Waals surface area contributed by atoms with Crippen molar-refractivity contribution in [2.45, 2.75) is 19.0 Å². The van der Waals surface area contributed by atoms with Crippen LogP contribution in [0.3, 0.4) is 0 Å². The average Bonchev–Trinajstić information content (AvgIpc) is 3.51. The number of hydrogen-bond acceptors (Lipinski definition) is 6. The number of aromatic nitrogens is 4. The Morgan fingerprint density at radius 2 is 1.59 bits per heavy atom. The normalized spacial score (nSPS) is 11.4. The van der Waals surface area contributed by atoms with E-state index < -0.39 is 23.6 Å². The van der Waals surface area contributed by atoms with Gasteiger partial charge in [0.25, 0.3) is 11.8 Å². The average molecular weight is 549 g/mol. The number of Topliss-reactive ketones (excluding diaryl/α,β-unsaturated/α-hetero) is 1. The van der Waals surface area contributed by atoms with Gasteiger partial charge in [-0.15, -0.1) is 0 Å². The van der Waals surface area contributed by atoms with Gasteiger partial charge in [0.2, 0.25) is 5.78 Å². The minimum absolute atomic E-state index is 0.0693. The van der Waals surface area contributed by atoms with Crippen molar-refractivity contribution in [2.24, 2.45) is 0 Å². The topological polar surface area (TPSA) is 119 Å². The zero-order valence-electron chi connectivity index (χ0n) is 21.8. The molecule has 0 fully saturated rings. The second kappa shape index (κ2) is 12.6. The molecule has 5 rings (SSSR count). The van der Waals surface area contributed by atoms with E-state index in [0.717, 1.165) is 5.56 Å². The number of ketones is 1. The van der Waals surface area contributed by atoms with Gasteiger partial charge in [-0.1, -0.05) is 36.4 Å². The smallest absolute Gasteiger partial charge is 0.289 e. The Balaban J connectivity index is 1.37. The zero-order chi connectivity index (χ0) is 28.6. The summed E-state index contributed by atoms with van der Waals surface area (Å²) in [7, 11) is 0. The molecule has 0 unspecified atom stereocenters. The maximum Gasteiger partial charge on any atom is 0.289 e. The lowest BCUT2D eigenvalue weighted by Gasteiger charge is -2.18. The second-order valence-corrected chi connectivity index (χ2v) is 9.11. The van der Waals surface area contributed by atoms with Crippen LogP contribution in [-0.4, -0.2) is 43.4 Å². The Labute approximate surface area is 235 Å². The molecule has 0 radical (unpaired) electrons. The van der Waals surface area contributed by atoms with E-state index in [4.69, 9.17) is 0 Å². The highest BCUT2D eigenvalue weighted by Gasteiger charge is 2.28. The molecule has 2 aromatic carbocycles. The molecular weight excluding hydrogens is 523 g/mol. The highest BCUT2D eigenvalue weighted by Crippen LogP contribution is 2.20. The molecular formula is C31H25FN6O3. The van der Waals surface area contributed by atoms with E-state index in [0.29, 0.717) is 17.0 Å². The Morgan fingerprint density at radius 1 is 0.829 bits per heavy atom. The van der Waals surface area contributed by atoms with Crippen molar-refractivity contribution in [3.05, 3.63) is 132 Å². The van der Waals surface area contributed by atoms with Crippen LogP contribution in [0.1, 0.15) is 21.6 Å². The first-order valence-corrected chi connectivity index (χ1v) is 12.8. The second-order valence-electron chi connectivity index (χ2n) is 9.11. The molecule has 2 N–H and O–H groups in total. The molecule has 0 aliphatic carbocycles. The predicted octanol–water partition coefficient (Wildman–Crippen LogP) is 3.70. The van der Waals surface area contributed by atoms with E-state index in [1.165, 1.54) is 23.0 Å². The number of amides is 2. The van der Waals surface area contributed by atoms with Gasteiger partial charge < -0.3 is 10.6 Å². The molecule has 3 heterocycles. The Morgan fingerprint density at radius 3 is 2.34 bits per heavy atom. The lowest BCUT2D eigenvalue weighted by Crippen LogP contribution is -2.48. The summed E-state index contributed by atoms with van der Waals surface area (Å²) in [6.07, 6.45) is 4.85. The first-order valence-electron chi connectivity index (χ1n) is 12.8. The van der Waals surface area contributed by atoms with Gasteiger partial charge in [0, 0.05) is 30.6 Å². The highest BCUT2D eigenvalue weighted by atomic mass is 19.1. The number of benzene rings is 2. The standard InChI is InChI=1S/C31H25FN6O3/c32-23-13-11-22(12-14-23)26-15-18-38(37-26)29-25(10-6-17-34-29)30(40)36-27(19-21-7-2-1-3-8-21)28(39)31(41)35-20-24-9-4-5-16-33-24/h1-18,27H,19-20H2,(H,35,41)(H,36,40)/t27-/m0/s1. The van der Waals surface area contributed by atoms with Crippen LogP contribution < -0.4 is 10.6 Å². The van der Waals surface area contributed by atoms with Crippen molar-refractivity contribution in [2.75, 3.05) is 0 Å². The van der Waals surface area contributed by atoms with Gasteiger partial charge in [0.1, 0.15) is 11.9 Å². The van der Waals surface area contributed by atoms with Gasteiger partial charge in [-0.05, 0) is 60.2 Å². The number of hydrogen-bond donors (Lipinski definition) is 2. The van der Waals surface area contributed by atoms with Crippen molar-refractivity contribution in [1.82, 2.24) is 30.4 Å². The van der Waals surface area contributed by atoms with Gasteiger partial charge in [-0.2, -0.15) is 5.10 Å². The largest absolute Gasteiger partial charge is 0.344 e. The summed E-state index contributed by atoms with van der Waals surface area (Å²) in [6, 6.07) is 24.0. The van der Waals surface area contributed by atoms with E-state index in [1.807, 2.05) is 30.3 Å². The number of nitrogens with one attached hydrogen (secondary N) is 2. The van der Waals surface area contributed by atoms with E-state index >= 15 is 0 Å². The maximum atomic E-state index is 13.5. The summed E-state index contributed by atoms with van der Waals surface area (Å²) >= 11 is 0. The first kappa shape index (κ1) is 27.1. The maximum absolute atomic E-state index is 13.5. The minimum Gasteiger partial charge on any atom is -0.344 e. The number of nitrogens with zero attached hydrogens (tertiary/aromatic N) is 4. The highest BCUT2D eigenvalue weighted by molar-refractivity contribution is 6.38. The molecule has 204 valence electrons. The van der Waals surface area contributed by atoms with Crippen molar-refractivity contribution in [3.63, 3.8) is 0 Å². The van der Waals surface area contributed by atoms with E-state index in [2.05, 4.69) is 25.7 Å². The van der Waals surface area contributed by atoms with Gasteiger partial charge >= 0.3 is 0 Å². The van der Waals surface area contributed by atoms with Crippen molar-refractivity contribution in [3.8, 4) is 17.1 Å². The molecule has 0 saturated carbocycles. The summed E-state index contributed by atoms with van der Waals surface area (Å²) in [5, 5.41) is 9.81. The first-order chi connectivity index (χ1) is 20.0. The minimum atomic E-state index is -1.14. The summed E-state index contributed by atoms with van der Waals surface area (Å²) in [5.74, 6) is -2.36. The fraction of sp³-hybridized carbons (Fsp3) is 0.0968. The molecule has 0 bridgehead atoms. The van der Waals surface area contributed by atoms with Crippen LogP contribution in [0.4, 0.5) is 4.39 Å². The summed E-state index contributed by atoms with van der Waals surface area (Å²) in [6.45, 7) is 0.0693. The number of carbonyl (C=O) groups excluding carboxylic acids is 3. The fourth-order valence-corrected chi connectivity index (χ4v) is 4.19. The zero-order valence-corrected chi connectivity index (χ0v) is 21.8. The molecule has 2 amide bonds. The van der Waals surface area contributed by atoms with Crippen molar-refractivity contribution in [1.29, 1.82) is 0 Å². The molecule has 0 saturated heterocycles. The summed E-state index contributed by atoms with van der Waals surface area (Å²) < 4.78 is 14.8. The SMILES string of the molecule is O=C(NCc1ccccn1)C(=O)[C@H](Cc1ccccc1)NC(=O)c1cccnc1-n1ccc(-c2ccc(F)cc2)n1. The van der Waals surface area contributed by atoms with Crippen molar-refractivity contribution >= 4 is 17.6 Å². The van der Waals surface area contributed by atoms with Crippen LogP contribution in [0.5, 0.6) is 0 Å². The van der Waals surface area contributed by atoms with E-state index in [9.17, 15) is 18.8 Å². The number of pyridine rings is 2. The quantitative estimate of drug-likeness (QED) is 0.257. The Hall–Kier alpha value is -5.51. The van der Waals surface area contributed by atoms with Crippen LogP contribution in [-0.2, 0) is 22.6 Å². The van der Waals surface area contributed by atoms with Crippen LogP contribution in [0.2, 0.25) is 0 Å². The van der Waals surface area contributed by atoms with E-state index in [1.54, 1.807) is 60.9 Å². The molecule has 3 aromatic heterocycles. The fourth-order valence-electron chi connectivity index (χ4n) is 4.19. The third-order valence-electron chi connectivity index (χ3n) is 6.26. The van der Waals surface area contributed by atoms with Crippen molar-refractivity contribution < 1.29 is 18.8 Å². The predicted molar refractivity (Wildman–Crippen MR) is 149 cm³/mol. The summed E-state index contributed by atoms with van der Waals surface area (Å²) in [4.78, 5) is 48.1. The van der Waals surface area contributed by atoms with Gasteiger partial charge in [-0.25, -0.2) is 14.1 Å². The lowest BCUT2D eigenvalue weighted by atomic mass is 10.0. The molecule has 41 heavy (non-hydrogen) atoms. The van der Waals surface area contributed by atoms with Gasteiger partial charge in [-0.3, -0.25) is 19.4 Å². The molecule has 0 spiro atoms. The Kier molecular flexibility index (Phi) is 8.30. The lowest BCUT2D eigenvalue weighted by molar-refractivity contribution is -0.139. The monoisotopic (exact) mass is 548 g/mol. The molecule has 9 nitrogen and oxygen atoms in total. The number of carbonyl (C=O) groups is 3.